The Labute approximate surface area is 152 Å². The van der Waals surface area contributed by atoms with Crippen LogP contribution >= 0.6 is 22.6 Å². The van der Waals surface area contributed by atoms with Crippen LogP contribution in [0, 0.1) is 0 Å². The van der Waals surface area contributed by atoms with Crippen LogP contribution in [0.4, 0.5) is 17.1 Å². The molecule has 2 aromatic rings. The zero-order valence-corrected chi connectivity index (χ0v) is 16.2. The van der Waals surface area contributed by atoms with Gasteiger partial charge in [-0.25, -0.2) is 0 Å². The predicted octanol–water partition coefficient (Wildman–Crippen LogP) is 4.44. The molecule has 23 heavy (non-hydrogen) atoms. The molecule has 0 spiro atoms. The van der Waals surface area contributed by atoms with Crippen molar-refractivity contribution in [2.45, 2.75) is 3.67 Å². The van der Waals surface area contributed by atoms with Gasteiger partial charge in [0.1, 0.15) is 0 Å². The lowest BCUT2D eigenvalue weighted by Gasteiger charge is -2.35. The van der Waals surface area contributed by atoms with Crippen LogP contribution in [-0.4, -0.2) is 31.9 Å². The number of halogens is 1. The van der Waals surface area contributed by atoms with Crippen molar-refractivity contribution in [2.75, 3.05) is 42.9 Å². The molecule has 2 aromatic carbocycles. The number of anilines is 3. The second-order valence-corrected chi connectivity index (χ2v) is 7.65. The molecule has 120 valence electrons. The normalized spacial score (nSPS) is 16.0. The summed E-state index contributed by atoms with van der Waals surface area (Å²) in [7, 11) is 8.41. The summed E-state index contributed by atoms with van der Waals surface area (Å²) >= 11 is 2.51. The molecule has 0 saturated heterocycles. The average Bonchev–Trinajstić information content (AvgIpc) is 2.76. The van der Waals surface area contributed by atoms with Crippen molar-refractivity contribution < 1.29 is 0 Å². The van der Waals surface area contributed by atoms with E-state index in [4.69, 9.17) is 0 Å². The first-order valence-electron chi connectivity index (χ1n) is 7.66. The molecule has 0 fully saturated rings. The van der Waals surface area contributed by atoms with E-state index in [0.29, 0.717) is 0 Å². The van der Waals surface area contributed by atoms with E-state index in [9.17, 15) is 0 Å². The first-order valence-corrected chi connectivity index (χ1v) is 8.73. The van der Waals surface area contributed by atoms with Crippen LogP contribution in [0.15, 0.2) is 54.6 Å². The molecule has 3 nitrogen and oxygen atoms in total. The number of rotatable bonds is 3. The summed E-state index contributed by atoms with van der Waals surface area (Å²) in [6.45, 7) is 0. The molecule has 4 heteroatoms. The van der Waals surface area contributed by atoms with E-state index in [1.54, 1.807) is 0 Å². The number of fused-ring (bicyclic) bond motifs is 1. The van der Waals surface area contributed by atoms with Gasteiger partial charge in [0.25, 0.3) is 0 Å². The van der Waals surface area contributed by atoms with E-state index in [2.05, 4.69) is 126 Å². The quantitative estimate of drug-likeness (QED) is 0.414. The highest BCUT2D eigenvalue weighted by atomic mass is 127. The molecule has 0 aliphatic carbocycles. The Hall–Kier alpha value is -1.69. The van der Waals surface area contributed by atoms with Gasteiger partial charge < -0.3 is 14.7 Å². The highest BCUT2D eigenvalue weighted by molar-refractivity contribution is 14.1. The smallest absolute Gasteiger partial charge is 0.185 e. The Morgan fingerprint density at radius 1 is 0.913 bits per heavy atom. The summed E-state index contributed by atoms with van der Waals surface area (Å²) in [5, 5.41) is 0. The number of likely N-dealkylation sites (N-methyl/N-ethyl adjacent to an activating group) is 2. The maximum atomic E-state index is 2.51. The van der Waals surface area contributed by atoms with Gasteiger partial charge in [0, 0.05) is 33.9 Å². The fourth-order valence-corrected chi connectivity index (χ4v) is 3.60. The van der Waals surface area contributed by atoms with Crippen LogP contribution in [0.25, 0.3) is 6.08 Å². The zero-order chi connectivity index (χ0) is 16.6. The van der Waals surface area contributed by atoms with Gasteiger partial charge in [0.05, 0.1) is 11.4 Å². The minimum atomic E-state index is -0.193. The third-order valence-corrected chi connectivity index (χ3v) is 6.25. The van der Waals surface area contributed by atoms with E-state index < -0.39 is 0 Å². The number of hydrogen-bond donors (Lipinski definition) is 0. The zero-order valence-electron chi connectivity index (χ0n) is 14.0. The molecular weight excluding hydrogens is 397 g/mol. The molecule has 1 heterocycles. The Morgan fingerprint density at radius 2 is 1.43 bits per heavy atom. The Morgan fingerprint density at radius 3 is 1.91 bits per heavy atom. The highest BCUT2D eigenvalue weighted by Gasteiger charge is 2.41. The van der Waals surface area contributed by atoms with Crippen LogP contribution in [0.3, 0.4) is 0 Å². The minimum absolute atomic E-state index is 0.193. The lowest BCUT2D eigenvalue weighted by Crippen LogP contribution is -2.47. The minimum Gasteiger partial charge on any atom is -0.378 e. The summed E-state index contributed by atoms with van der Waals surface area (Å²) in [6, 6.07) is 17.1. The van der Waals surface area contributed by atoms with Gasteiger partial charge in [-0.2, -0.15) is 0 Å². The summed E-state index contributed by atoms with van der Waals surface area (Å²) in [5.41, 5.74) is 4.95. The molecule has 0 amide bonds. The number of hydrogen-bond acceptors (Lipinski definition) is 3. The molecule has 0 N–H and O–H groups in total. The second-order valence-electron chi connectivity index (χ2n) is 6.06. The molecule has 0 bridgehead atoms. The summed E-state index contributed by atoms with van der Waals surface area (Å²) in [4.78, 5) is 6.74. The molecule has 3 rings (SSSR count). The van der Waals surface area contributed by atoms with Gasteiger partial charge in [-0.1, -0.05) is 30.3 Å². The average molecular weight is 419 g/mol. The van der Waals surface area contributed by atoms with Crippen molar-refractivity contribution in [3.05, 3.63) is 60.2 Å². The van der Waals surface area contributed by atoms with E-state index in [0.717, 1.165) is 0 Å². The molecule has 0 atom stereocenters. The fraction of sp³-hybridized carbons (Fsp3) is 0.263. The molecule has 1 aliphatic rings. The third-order valence-electron chi connectivity index (χ3n) is 4.44. The highest BCUT2D eigenvalue weighted by Crippen LogP contribution is 2.47. The number of alkyl halides is 1. The van der Waals surface area contributed by atoms with Crippen LogP contribution in [0.1, 0.15) is 5.56 Å². The van der Waals surface area contributed by atoms with Gasteiger partial charge >= 0.3 is 0 Å². The Balaban J connectivity index is 1.87. The topological polar surface area (TPSA) is 9.72 Å². The Bertz CT molecular complexity index is 693. The molecular formula is C19H22IN3. The van der Waals surface area contributed by atoms with E-state index in [1.807, 2.05) is 0 Å². The number of benzene rings is 2. The fourth-order valence-electron chi connectivity index (χ4n) is 2.90. The van der Waals surface area contributed by atoms with Gasteiger partial charge in [0.15, 0.2) is 3.67 Å². The number of para-hydroxylation sites is 2. The van der Waals surface area contributed by atoms with Crippen molar-refractivity contribution >= 4 is 45.7 Å². The van der Waals surface area contributed by atoms with Crippen molar-refractivity contribution in [2.24, 2.45) is 0 Å². The van der Waals surface area contributed by atoms with Gasteiger partial charge in [0.2, 0.25) is 0 Å². The largest absolute Gasteiger partial charge is 0.378 e. The third kappa shape index (κ3) is 2.80. The Kier molecular flexibility index (Phi) is 4.27. The van der Waals surface area contributed by atoms with Crippen molar-refractivity contribution in [3.8, 4) is 0 Å². The first-order chi connectivity index (χ1) is 10.9. The summed E-state index contributed by atoms with van der Waals surface area (Å²) in [6.07, 6.45) is 4.46. The molecule has 0 unspecified atom stereocenters. The van der Waals surface area contributed by atoms with Crippen LogP contribution in [-0.2, 0) is 0 Å². The molecule has 0 saturated carbocycles. The molecule has 1 aliphatic heterocycles. The molecule has 0 radical (unpaired) electrons. The first kappa shape index (κ1) is 16.2. The number of nitrogens with zero attached hydrogens (tertiary/aromatic N) is 3. The molecule has 0 aromatic heterocycles. The SMILES string of the molecule is CN(C)c1ccc(C=CC2(I)N(C)c3ccccc3N2C)cc1. The van der Waals surface area contributed by atoms with Crippen LogP contribution in [0.2, 0.25) is 0 Å². The lowest BCUT2D eigenvalue weighted by molar-refractivity contribution is 0.749. The maximum Gasteiger partial charge on any atom is 0.185 e. The van der Waals surface area contributed by atoms with Crippen LogP contribution < -0.4 is 14.7 Å². The van der Waals surface area contributed by atoms with Crippen LogP contribution in [0.5, 0.6) is 0 Å². The van der Waals surface area contributed by atoms with Crippen molar-refractivity contribution in [1.29, 1.82) is 0 Å². The summed E-state index contributed by atoms with van der Waals surface area (Å²) in [5.74, 6) is 0. The standard InChI is InChI=1S/C19H22IN3/c1-21(2)16-11-9-15(10-12-16)13-14-19(20)22(3)17-7-5-6-8-18(17)23(19)4/h5-14H,1-4H3. The van der Waals surface area contributed by atoms with Gasteiger partial charge in [-0.05, 0) is 58.5 Å². The maximum absolute atomic E-state index is 2.51. The van der Waals surface area contributed by atoms with E-state index in [-0.39, 0.29) is 3.67 Å². The van der Waals surface area contributed by atoms with Crippen molar-refractivity contribution in [1.82, 2.24) is 0 Å². The summed E-state index contributed by atoms with van der Waals surface area (Å²) < 4.78 is -0.193. The van der Waals surface area contributed by atoms with Gasteiger partial charge in [-0.15, -0.1) is 0 Å². The van der Waals surface area contributed by atoms with E-state index >= 15 is 0 Å². The van der Waals surface area contributed by atoms with E-state index in [1.165, 1.54) is 22.6 Å². The monoisotopic (exact) mass is 419 g/mol. The van der Waals surface area contributed by atoms with Gasteiger partial charge in [-0.3, -0.25) is 0 Å². The lowest BCUT2D eigenvalue weighted by atomic mass is 10.1. The predicted molar refractivity (Wildman–Crippen MR) is 110 cm³/mol. The second kappa shape index (κ2) is 6.07. The van der Waals surface area contributed by atoms with Crippen molar-refractivity contribution in [3.63, 3.8) is 0 Å².